The van der Waals surface area contributed by atoms with Crippen LogP contribution in [-0.4, -0.2) is 36.4 Å². The molecule has 94 valence electrons. The number of carboxylic acids is 1. The summed E-state index contributed by atoms with van der Waals surface area (Å²) in [4.78, 5) is 10.3. The zero-order valence-corrected chi connectivity index (χ0v) is 9.77. The van der Waals surface area contributed by atoms with Crippen molar-refractivity contribution >= 4 is 5.97 Å². The van der Waals surface area contributed by atoms with Crippen LogP contribution < -0.4 is 10.1 Å². The van der Waals surface area contributed by atoms with Crippen molar-refractivity contribution in [1.82, 2.24) is 5.32 Å². The molecule has 0 aromatic heterocycles. The molecule has 0 heterocycles. The van der Waals surface area contributed by atoms with E-state index in [1.807, 2.05) is 6.07 Å². The number of methoxy groups -OCH3 is 1. The third-order valence-corrected chi connectivity index (χ3v) is 2.35. The summed E-state index contributed by atoms with van der Waals surface area (Å²) in [6.45, 7) is 1.14. The Morgan fingerprint density at radius 2 is 2.18 bits per heavy atom. The highest BCUT2D eigenvalue weighted by Crippen LogP contribution is 2.26. The van der Waals surface area contributed by atoms with Crippen LogP contribution in [0.4, 0.5) is 0 Å². The molecular weight excluding hydrogens is 222 g/mol. The minimum absolute atomic E-state index is 0.119. The van der Waals surface area contributed by atoms with Gasteiger partial charge in [-0.15, -0.1) is 0 Å². The van der Waals surface area contributed by atoms with Crippen molar-refractivity contribution in [1.29, 1.82) is 0 Å². The molecule has 0 aliphatic heterocycles. The summed E-state index contributed by atoms with van der Waals surface area (Å²) in [6.07, 6.45) is 0.852. The van der Waals surface area contributed by atoms with Crippen molar-refractivity contribution in [3.63, 3.8) is 0 Å². The van der Waals surface area contributed by atoms with E-state index in [1.54, 1.807) is 12.1 Å². The van der Waals surface area contributed by atoms with Crippen LogP contribution in [0.1, 0.15) is 12.0 Å². The summed E-state index contributed by atoms with van der Waals surface area (Å²) in [5, 5.41) is 21.0. The predicted molar refractivity (Wildman–Crippen MR) is 63.5 cm³/mol. The minimum Gasteiger partial charge on any atom is -0.504 e. The lowest BCUT2D eigenvalue weighted by molar-refractivity contribution is -0.136. The van der Waals surface area contributed by atoms with Gasteiger partial charge in [-0.25, -0.2) is 0 Å². The predicted octanol–water partition coefficient (Wildman–Crippen LogP) is 1.01. The molecule has 0 saturated heterocycles. The number of nitrogens with one attached hydrogen (secondary N) is 1. The lowest BCUT2D eigenvalue weighted by Crippen LogP contribution is -2.20. The molecule has 17 heavy (non-hydrogen) atoms. The van der Waals surface area contributed by atoms with Crippen molar-refractivity contribution in [2.75, 3.05) is 20.2 Å². The normalized spacial score (nSPS) is 10.2. The highest BCUT2D eigenvalue weighted by atomic mass is 16.5. The average Bonchev–Trinajstić information content (AvgIpc) is 2.28. The van der Waals surface area contributed by atoms with Crippen molar-refractivity contribution < 1.29 is 19.7 Å². The molecule has 0 atom stereocenters. The summed E-state index contributed by atoms with van der Waals surface area (Å²) in [6, 6.07) is 5.23. The first kappa shape index (κ1) is 13.3. The number of aromatic hydroxyl groups is 1. The zero-order chi connectivity index (χ0) is 12.7. The number of ether oxygens (including phenoxy) is 1. The van der Waals surface area contributed by atoms with E-state index in [-0.39, 0.29) is 12.2 Å². The third-order valence-electron chi connectivity index (χ3n) is 2.35. The highest BCUT2D eigenvalue weighted by molar-refractivity contribution is 5.66. The quantitative estimate of drug-likeness (QED) is 0.619. The van der Waals surface area contributed by atoms with Gasteiger partial charge in [0.25, 0.3) is 0 Å². The van der Waals surface area contributed by atoms with Crippen molar-refractivity contribution in [2.45, 2.75) is 12.8 Å². The van der Waals surface area contributed by atoms with Gasteiger partial charge in [-0.3, -0.25) is 4.79 Å². The van der Waals surface area contributed by atoms with Crippen LogP contribution in [0.5, 0.6) is 11.5 Å². The number of phenolic OH excluding ortho intramolecular Hbond substituents is 1. The molecule has 0 aliphatic carbocycles. The maximum absolute atomic E-state index is 10.3. The Morgan fingerprint density at radius 1 is 1.41 bits per heavy atom. The van der Waals surface area contributed by atoms with Crippen LogP contribution in [-0.2, 0) is 11.2 Å². The molecule has 5 nitrogen and oxygen atoms in total. The van der Waals surface area contributed by atoms with Crippen LogP contribution in [0.15, 0.2) is 18.2 Å². The van der Waals surface area contributed by atoms with Gasteiger partial charge >= 0.3 is 5.97 Å². The molecule has 0 fully saturated rings. The van der Waals surface area contributed by atoms with E-state index >= 15 is 0 Å². The number of hydrogen-bond donors (Lipinski definition) is 3. The summed E-state index contributed by atoms with van der Waals surface area (Å²) < 4.78 is 4.94. The maximum Gasteiger partial charge on any atom is 0.304 e. The Balaban J connectivity index is 2.32. The second-order valence-electron chi connectivity index (χ2n) is 3.65. The van der Waals surface area contributed by atoms with Gasteiger partial charge in [0.15, 0.2) is 11.5 Å². The van der Waals surface area contributed by atoms with E-state index in [4.69, 9.17) is 9.84 Å². The van der Waals surface area contributed by atoms with Crippen LogP contribution in [0.2, 0.25) is 0 Å². The van der Waals surface area contributed by atoms with Gasteiger partial charge in [-0.05, 0) is 30.7 Å². The zero-order valence-electron chi connectivity index (χ0n) is 9.77. The van der Waals surface area contributed by atoms with Gasteiger partial charge < -0.3 is 20.3 Å². The Bertz CT molecular complexity index is 379. The lowest BCUT2D eigenvalue weighted by atomic mass is 10.1. The van der Waals surface area contributed by atoms with E-state index < -0.39 is 5.97 Å². The average molecular weight is 239 g/mol. The molecule has 0 unspecified atom stereocenters. The van der Waals surface area contributed by atoms with E-state index in [0.717, 1.165) is 12.0 Å². The van der Waals surface area contributed by atoms with Gasteiger partial charge in [-0.2, -0.15) is 0 Å². The molecule has 1 aromatic carbocycles. The SMILES string of the molecule is COc1ccc(CCNCCC(=O)O)cc1O. The topological polar surface area (TPSA) is 78.8 Å². The first-order valence-corrected chi connectivity index (χ1v) is 5.42. The fraction of sp³-hybridized carbons (Fsp3) is 0.417. The summed E-state index contributed by atoms with van der Waals surface area (Å²) in [5.74, 6) is -0.234. The molecule has 0 aliphatic rings. The van der Waals surface area contributed by atoms with Crippen LogP contribution >= 0.6 is 0 Å². The smallest absolute Gasteiger partial charge is 0.304 e. The first-order valence-electron chi connectivity index (χ1n) is 5.42. The van der Waals surface area contributed by atoms with Gasteiger partial charge in [-0.1, -0.05) is 6.07 Å². The molecule has 3 N–H and O–H groups in total. The highest BCUT2D eigenvalue weighted by Gasteiger charge is 2.02. The van der Waals surface area contributed by atoms with E-state index in [0.29, 0.717) is 18.8 Å². The minimum atomic E-state index is -0.806. The molecule has 0 amide bonds. The monoisotopic (exact) mass is 239 g/mol. The molecule has 0 radical (unpaired) electrons. The van der Waals surface area contributed by atoms with Crippen molar-refractivity contribution in [3.8, 4) is 11.5 Å². The second kappa shape index (κ2) is 6.75. The summed E-state index contributed by atoms with van der Waals surface area (Å²) in [5.41, 5.74) is 0.978. The van der Waals surface area contributed by atoms with Crippen molar-refractivity contribution in [2.24, 2.45) is 0 Å². The number of phenols is 1. The fourth-order valence-corrected chi connectivity index (χ4v) is 1.44. The van der Waals surface area contributed by atoms with Crippen LogP contribution in [0, 0.1) is 0 Å². The van der Waals surface area contributed by atoms with Gasteiger partial charge in [0, 0.05) is 6.54 Å². The lowest BCUT2D eigenvalue weighted by Gasteiger charge is -2.06. The Morgan fingerprint density at radius 3 is 2.76 bits per heavy atom. The molecule has 1 aromatic rings. The van der Waals surface area contributed by atoms with Gasteiger partial charge in [0.2, 0.25) is 0 Å². The molecule has 0 bridgehead atoms. The number of benzene rings is 1. The maximum atomic E-state index is 10.3. The molecule has 5 heteroatoms. The standard InChI is InChI=1S/C12H17NO4/c1-17-11-3-2-9(8-10(11)14)4-6-13-7-5-12(15)16/h2-3,8,13-14H,4-7H2,1H3,(H,15,16). The van der Waals surface area contributed by atoms with E-state index in [1.165, 1.54) is 7.11 Å². The molecule has 0 saturated carbocycles. The van der Waals surface area contributed by atoms with Crippen molar-refractivity contribution in [3.05, 3.63) is 23.8 Å². The van der Waals surface area contributed by atoms with Gasteiger partial charge in [0.1, 0.15) is 0 Å². The largest absolute Gasteiger partial charge is 0.504 e. The number of carbonyl (C=O) groups is 1. The van der Waals surface area contributed by atoms with Gasteiger partial charge in [0.05, 0.1) is 13.5 Å². The Hall–Kier alpha value is -1.75. The fourth-order valence-electron chi connectivity index (χ4n) is 1.44. The van der Waals surface area contributed by atoms with Crippen LogP contribution in [0.3, 0.4) is 0 Å². The first-order chi connectivity index (χ1) is 8.13. The Labute approximate surface area is 100 Å². The second-order valence-corrected chi connectivity index (χ2v) is 3.65. The third kappa shape index (κ3) is 4.74. The molecular formula is C12H17NO4. The van der Waals surface area contributed by atoms with Crippen LogP contribution in [0.25, 0.3) is 0 Å². The number of carboxylic acid groups (broad SMARTS) is 1. The molecule has 0 spiro atoms. The summed E-state index contributed by atoms with van der Waals surface area (Å²) >= 11 is 0. The molecule has 1 rings (SSSR count). The Kier molecular flexibility index (Phi) is 5.29. The summed E-state index contributed by atoms with van der Waals surface area (Å²) in [7, 11) is 1.50. The number of aliphatic carboxylic acids is 1. The van der Waals surface area contributed by atoms with E-state index in [2.05, 4.69) is 5.32 Å². The number of hydrogen-bond acceptors (Lipinski definition) is 4. The number of rotatable bonds is 7. The van der Waals surface area contributed by atoms with E-state index in [9.17, 15) is 9.90 Å².